The van der Waals surface area contributed by atoms with Gasteiger partial charge in [0.15, 0.2) is 0 Å². The Balaban J connectivity index is 2.08. The third-order valence-electron chi connectivity index (χ3n) is 3.40. The molecule has 0 amide bonds. The van der Waals surface area contributed by atoms with Crippen LogP contribution in [0.1, 0.15) is 63.1 Å². The van der Waals surface area contributed by atoms with Crippen LogP contribution >= 0.6 is 0 Å². The summed E-state index contributed by atoms with van der Waals surface area (Å²) < 4.78 is 37.0. The smallest absolute Gasteiger partial charge is 0.313 e. The van der Waals surface area contributed by atoms with Crippen LogP contribution in [0.4, 0.5) is 13.2 Å². The maximum atomic E-state index is 12.3. The Hall–Kier alpha value is -1.10. The van der Waals surface area contributed by atoms with Gasteiger partial charge in [0.05, 0.1) is 0 Å². The minimum Gasteiger partial charge on any atom is -0.313 e. The molecule has 21 heavy (non-hydrogen) atoms. The van der Waals surface area contributed by atoms with Crippen molar-refractivity contribution in [3.63, 3.8) is 0 Å². The summed E-state index contributed by atoms with van der Waals surface area (Å²) in [6, 6.07) is 2.51. The van der Waals surface area contributed by atoms with E-state index in [1.807, 2.05) is 0 Å². The van der Waals surface area contributed by atoms with Crippen LogP contribution in [0.3, 0.4) is 0 Å². The zero-order valence-electron chi connectivity index (χ0n) is 12.7. The molecule has 0 aliphatic carbocycles. The molecule has 5 heteroatoms. The summed E-state index contributed by atoms with van der Waals surface area (Å²) in [4.78, 5) is 3.44. The van der Waals surface area contributed by atoms with Crippen LogP contribution in [0.15, 0.2) is 18.3 Å². The van der Waals surface area contributed by atoms with Crippen LogP contribution in [0, 0.1) is 0 Å². The van der Waals surface area contributed by atoms with Gasteiger partial charge in [-0.25, -0.2) is 0 Å². The van der Waals surface area contributed by atoms with E-state index in [0.717, 1.165) is 24.6 Å². The molecule has 0 radical (unpaired) electrons. The van der Waals surface area contributed by atoms with Gasteiger partial charge < -0.3 is 5.32 Å². The van der Waals surface area contributed by atoms with E-state index in [1.54, 1.807) is 0 Å². The van der Waals surface area contributed by atoms with Gasteiger partial charge in [0.2, 0.25) is 0 Å². The number of alkyl halides is 3. The molecule has 0 atom stereocenters. The molecule has 0 saturated carbocycles. The van der Waals surface area contributed by atoms with Crippen LogP contribution in [0.2, 0.25) is 0 Å². The lowest BCUT2D eigenvalue weighted by Gasteiger charge is -2.07. The molecule has 1 aromatic heterocycles. The zero-order chi connectivity index (χ0) is 15.6. The summed E-state index contributed by atoms with van der Waals surface area (Å²) in [7, 11) is 0. The van der Waals surface area contributed by atoms with E-state index in [-0.39, 0.29) is 0 Å². The highest BCUT2D eigenvalue weighted by atomic mass is 19.4. The third kappa shape index (κ3) is 8.05. The first-order valence-corrected chi connectivity index (χ1v) is 7.77. The van der Waals surface area contributed by atoms with Gasteiger partial charge in [0, 0.05) is 12.7 Å². The van der Waals surface area contributed by atoms with Gasteiger partial charge in [0.25, 0.3) is 0 Å². The molecule has 0 fully saturated rings. The number of nitrogens with one attached hydrogen (secondary N) is 1. The molecule has 0 spiro atoms. The van der Waals surface area contributed by atoms with Gasteiger partial charge in [0.1, 0.15) is 5.69 Å². The molecular formula is C16H25F3N2. The molecule has 0 aliphatic heterocycles. The Morgan fingerprint density at radius 3 is 2.24 bits per heavy atom. The summed E-state index contributed by atoms with van der Waals surface area (Å²) in [5.41, 5.74) is -0.0516. The Bertz CT molecular complexity index is 374. The average molecular weight is 302 g/mol. The molecule has 0 unspecified atom stereocenters. The van der Waals surface area contributed by atoms with Crippen LogP contribution in [-0.2, 0) is 12.7 Å². The van der Waals surface area contributed by atoms with Gasteiger partial charge >= 0.3 is 6.18 Å². The molecular weight excluding hydrogens is 277 g/mol. The number of nitrogens with zero attached hydrogens (tertiary/aromatic N) is 1. The fourth-order valence-corrected chi connectivity index (χ4v) is 2.14. The first-order valence-electron chi connectivity index (χ1n) is 7.77. The Morgan fingerprint density at radius 2 is 1.67 bits per heavy atom. The van der Waals surface area contributed by atoms with Gasteiger partial charge in [-0.3, -0.25) is 4.98 Å². The van der Waals surface area contributed by atoms with Crippen LogP contribution in [0.5, 0.6) is 0 Å². The minimum absolute atomic E-state index is 0.570. The van der Waals surface area contributed by atoms with Crippen molar-refractivity contribution in [3.8, 4) is 0 Å². The van der Waals surface area contributed by atoms with Crippen molar-refractivity contribution in [2.45, 2.75) is 64.6 Å². The number of halogens is 3. The molecule has 1 N–H and O–H groups in total. The van der Waals surface area contributed by atoms with E-state index in [0.29, 0.717) is 6.54 Å². The number of pyridine rings is 1. The van der Waals surface area contributed by atoms with E-state index in [1.165, 1.54) is 50.8 Å². The Labute approximate surface area is 125 Å². The predicted molar refractivity (Wildman–Crippen MR) is 78.9 cm³/mol. The quantitative estimate of drug-likeness (QED) is 0.619. The lowest BCUT2D eigenvalue weighted by molar-refractivity contribution is -0.141. The number of unbranched alkanes of at least 4 members (excludes halogenated alkanes) is 6. The molecule has 1 aromatic rings. The Kier molecular flexibility index (Phi) is 8.35. The molecule has 0 saturated heterocycles. The first kappa shape index (κ1) is 18.0. The van der Waals surface area contributed by atoms with E-state index < -0.39 is 11.9 Å². The summed E-state index contributed by atoms with van der Waals surface area (Å²) in [6.45, 7) is 3.68. The Morgan fingerprint density at radius 1 is 1.00 bits per heavy atom. The highest BCUT2D eigenvalue weighted by Gasteiger charge is 2.31. The van der Waals surface area contributed by atoms with E-state index in [2.05, 4.69) is 17.2 Å². The summed E-state index contributed by atoms with van der Waals surface area (Å²) in [5.74, 6) is 0. The first-order chi connectivity index (χ1) is 10.0. The zero-order valence-corrected chi connectivity index (χ0v) is 12.7. The molecule has 1 heterocycles. The molecule has 0 aromatic carbocycles. The lowest BCUT2D eigenvalue weighted by Crippen LogP contribution is -2.15. The highest BCUT2D eigenvalue weighted by molar-refractivity contribution is 5.15. The normalized spacial score (nSPS) is 11.8. The minimum atomic E-state index is -4.36. The van der Waals surface area contributed by atoms with Crippen LogP contribution < -0.4 is 5.32 Å². The second-order valence-electron chi connectivity index (χ2n) is 5.35. The van der Waals surface area contributed by atoms with Crippen molar-refractivity contribution in [2.24, 2.45) is 0 Å². The number of aromatic nitrogens is 1. The van der Waals surface area contributed by atoms with Gasteiger partial charge in [-0.1, -0.05) is 51.5 Å². The molecule has 0 aliphatic rings. The van der Waals surface area contributed by atoms with Gasteiger partial charge in [-0.15, -0.1) is 0 Å². The average Bonchev–Trinajstić information content (AvgIpc) is 2.45. The van der Waals surface area contributed by atoms with E-state index in [9.17, 15) is 13.2 Å². The number of hydrogen-bond donors (Lipinski definition) is 1. The van der Waals surface area contributed by atoms with E-state index >= 15 is 0 Å². The SMILES string of the molecule is CCCCCCCCCNCc1ccc(C(F)(F)F)nc1. The summed E-state index contributed by atoms with van der Waals surface area (Å²) >= 11 is 0. The number of rotatable bonds is 10. The molecule has 1 rings (SSSR count). The van der Waals surface area contributed by atoms with Crippen molar-refractivity contribution in [3.05, 3.63) is 29.6 Å². The van der Waals surface area contributed by atoms with Crippen molar-refractivity contribution in [1.82, 2.24) is 10.3 Å². The fraction of sp³-hybridized carbons (Fsp3) is 0.688. The number of hydrogen-bond acceptors (Lipinski definition) is 2. The summed E-state index contributed by atoms with van der Waals surface area (Å²) in [6.07, 6.45) is 5.73. The standard InChI is InChI=1S/C16H25F3N2/c1-2-3-4-5-6-7-8-11-20-12-14-9-10-15(21-13-14)16(17,18)19/h9-10,13,20H,2-8,11-12H2,1H3. The predicted octanol–water partition coefficient (Wildman–Crippen LogP) is 4.94. The third-order valence-corrected chi connectivity index (χ3v) is 3.40. The summed E-state index contributed by atoms with van der Waals surface area (Å²) in [5, 5.41) is 3.24. The lowest BCUT2D eigenvalue weighted by atomic mass is 10.1. The van der Waals surface area contributed by atoms with Gasteiger partial charge in [-0.05, 0) is 24.6 Å². The monoisotopic (exact) mass is 302 g/mol. The second kappa shape index (κ2) is 9.77. The molecule has 0 bridgehead atoms. The van der Waals surface area contributed by atoms with Crippen molar-refractivity contribution >= 4 is 0 Å². The van der Waals surface area contributed by atoms with Crippen LogP contribution in [-0.4, -0.2) is 11.5 Å². The largest absolute Gasteiger partial charge is 0.433 e. The van der Waals surface area contributed by atoms with Crippen molar-refractivity contribution in [1.29, 1.82) is 0 Å². The maximum Gasteiger partial charge on any atom is 0.433 e. The fourth-order valence-electron chi connectivity index (χ4n) is 2.14. The second-order valence-corrected chi connectivity index (χ2v) is 5.35. The topological polar surface area (TPSA) is 24.9 Å². The maximum absolute atomic E-state index is 12.3. The molecule has 2 nitrogen and oxygen atoms in total. The van der Waals surface area contributed by atoms with Crippen molar-refractivity contribution < 1.29 is 13.2 Å². The van der Waals surface area contributed by atoms with Crippen LogP contribution in [0.25, 0.3) is 0 Å². The van der Waals surface area contributed by atoms with Gasteiger partial charge in [-0.2, -0.15) is 13.2 Å². The molecule has 120 valence electrons. The van der Waals surface area contributed by atoms with Crippen molar-refractivity contribution in [2.75, 3.05) is 6.54 Å². The van der Waals surface area contributed by atoms with E-state index in [4.69, 9.17) is 0 Å². The highest BCUT2D eigenvalue weighted by Crippen LogP contribution is 2.27.